The number of ether oxygens (including phenoxy) is 4. The average molecular weight is 350 g/mol. The van der Waals surface area contributed by atoms with Crippen LogP contribution in [0, 0.1) is 0 Å². The maximum Gasteiger partial charge on any atom is 0.410 e. The van der Waals surface area contributed by atoms with Crippen LogP contribution in [0.3, 0.4) is 0 Å². The standard InChI is InChI=1S/C16H18N2O7/c1-10(19)22-5-4-18-12(8-23-16(18)21)15(20)17-7-11-2-3-13-14(6-11)25-9-24-13/h2-3,6,12H,4-5,7-9H2,1H3,(H,17,20)/t12-/m0/s1. The van der Waals surface area contributed by atoms with E-state index in [9.17, 15) is 14.4 Å². The van der Waals surface area contributed by atoms with Crippen molar-refractivity contribution in [3.8, 4) is 11.5 Å². The van der Waals surface area contributed by atoms with E-state index in [2.05, 4.69) is 5.32 Å². The summed E-state index contributed by atoms with van der Waals surface area (Å²) in [5, 5.41) is 2.76. The van der Waals surface area contributed by atoms with Crippen LogP contribution in [-0.2, 0) is 25.6 Å². The van der Waals surface area contributed by atoms with Crippen molar-refractivity contribution in [3.63, 3.8) is 0 Å². The zero-order chi connectivity index (χ0) is 17.8. The second kappa shape index (κ2) is 7.29. The highest BCUT2D eigenvalue weighted by Crippen LogP contribution is 2.32. The minimum Gasteiger partial charge on any atom is -0.464 e. The molecule has 0 radical (unpaired) electrons. The van der Waals surface area contributed by atoms with Crippen molar-refractivity contribution in [2.24, 2.45) is 0 Å². The van der Waals surface area contributed by atoms with E-state index in [0.717, 1.165) is 5.56 Å². The van der Waals surface area contributed by atoms with Gasteiger partial charge in [-0.05, 0) is 17.7 Å². The second-order valence-corrected chi connectivity index (χ2v) is 5.53. The Bertz CT molecular complexity index is 691. The monoisotopic (exact) mass is 350 g/mol. The summed E-state index contributed by atoms with van der Waals surface area (Å²) in [5.74, 6) is 0.512. The molecule has 25 heavy (non-hydrogen) atoms. The van der Waals surface area contributed by atoms with Gasteiger partial charge in [-0.25, -0.2) is 4.79 Å². The molecule has 0 unspecified atom stereocenters. The molecular weight excluding hydrogens is 332 g/mol. The van der Waals surface area contributed by atoms with Gasteiger partial charge >= 0.3 is 12.1 Å². The number of benzene rings is 1. The molecule has 0 spiro atoms. The molecule has 1 atom stereocenters. The summed E-state index contributed by atoms with van der Waals surface area (Å²) in [5.41, 5.74) is 0.842. The molecule has 9 heteroatoms. The Morgan fingerprint density at radius 3 is 2.88 bits per heavy atom. The van der Waals surface area contributed by atoms with Crippen LogP contribution in [0.5, 0.6) is 11.5 Å². The Morgan fingerprint density at radius 2 is 2.08 bits per heavy atom. The maximum atomic E-state index is 12.4. The summed E-state index contributed by atoms with van der Waals surface area (Å²) in [6, 6.07) is 4.63. The molecule has 2 aliphatic heterocycles. The van der Waals surface area contributed by atoms with Crippen LogP contribution >= 0.6 is 0 Å². The number of nitrogens with zero attached hydrogens (tertiary/aromatic N) is 1. The molecule has 9 nitrogen and oxygen atoms in total. The number of carbonyl (C=O) groups excluding carboxylic acids is 3. The Morgan fingerprint density at radius 1 is 1.28 bits per heavy atom. The Kier molecular flexibility index (Phi) is 4.92. The normalized spacial score (nSPS) is 18.0. The number of cyclic esters (lactones) is 1. The van der Waals surface area contributed by atoms with Crippen molar-refractivity contribution >= 4 is 18.0 Å². The summed E-state index contributed by atoms with van der Waals surface area (Å²) < 4.78 is 20.3. The van der Waals surface area contributed by atoms with Crippen LogP contribution in [0.15, 0.2) is 18.2 Å². The lowest BCUT2D eigenvalue weighted by atomic mass is 10.2. The summed E-state index contributed by atoms with van der Waals surface area (Å²) in [6.45, 7) is 1.81. The second-order valence-electron chi connectivity index (χ2n) is 5.53. The fraction of sp³-hybridized carbons (Fsp3) is 0.438. The molecule has 2 amide bonds. The highest BCUT2D eigenvalue weighted by atomic mass is 16.7. The third-order valence-corrected chi connectivity index (χ3v) is 3.82. The van der Waals surface area contributed by atoms with Crippen LogP contribution in [-0.4, -0.2) is 55.5 Å². The molecule has 2 heterocycles. The molecule has 1 saturated heterocycles. The highest BCUT2D eigenvalue weighted by molar-refractivity contribution is 5.87. The van der Waals surface area contributed by atoms with E-state index in [1.54, 1.807) is 12.1 Å². The number of hydrogen-bond acceptors (Lipinski definition) is 7. The number of esters is 1. The summed E-state index contributed by atoms with van der Waals surface area (Å²) in [7, 11) is 0. The first-order chi connectivity index (χ1) is 12.0. The SMILES string of the molecule is CC(=O)OCCN1C(=O)OC[C@H]1C(=O)NCc1ccc2c(c1)OCO2. The number of nitrogens with one attached hydrogen (secondary N) is 1. The van der Waals surface area contributed by atoms with Gasteiger partial charge in [0.25, 0.3) is 0 Å². The predicted octanol–water partition coefficient (Wildman–Crippen LogP) is 0.415. The van der Waals surface area contributed by atoms with Gasteiger partial charge < -0.3 is 24.3 Å². The van der Waals surface area contributed by atoms with Gasteiger partial charge in [0.15, 0.2) is 11.5 Å². The molecule has 1 aromatic carbocycles. The van der Waals surface area contributed by atoms with E-state index in [1.807, 2.05) is 6.07 Å². The van der Waals surface area contributed by atoms with Crippen LogP contribution in [0.25, 0.3) is 0 Å². The molecule has 1 fully saturated rings. The molecule has 0 saturated carbocycles. The van der Waals surface area contributed by atoms with Crippen LogP contribution in [0.1, 0.15) is 12.5 Å². The van der Waals surface area contributed by atoms with Gasteiger partial charge in [-0.3, -0.25) is 14.5 Å². The van der Waals surface area contributed by atoms with Crippen molar-refractivity contribution in [3.05, 3.63) is 23.8 Å². The molecule has 1 N–H and O–H groups in total. The van der Waals surface area contributed by atoms with E-state index in [4.69, 9.17) is 18.9 Å². The topological polar surface area (TPSA) is 103 Å². The van der Waals surface area contributed by atoms with Crippen molar-refractivity contribution in [1.82, 2.24) is 10.2 Å². The molecule has 0 aromatic heterocycles. The number of carbonyl (C=O) groups is 3. The maximum absolute atomic E-state index is 12.4. The minimum absolute atomic E-state index is 0.0103. The van der Waals surface area contributed by atoms with Gasteiger partial charge in [-0.15, -0.1) is 0 Å². The predicted molar refractivity (Wildman–Crippen MR) is 82.9 cm³/mol. The van der Waals surface area contributed by atoms with E-state index >= 15 is 0 Å². The van der Waals surface area contributed by atoms with Crippen LogP contribution < -0.4 is 14.8 Å². The first-order valence-corrected chi connectivity index (χ1v) is 7.77. The molecular formula is C16H18N2O7. The smallest absolute Gasteiger partial charge is 0.410 e. The molecule has 1 aromatic rings. The lowest BCUT2D eigenvalue weighted by Crippen LogP contribution is -2.46. The van der Waals surface area contributed by atoms with Crippen molar-refractivity contribution in [2.75, 3.05) is 26.6 Å². The average Bonchev–Trinajstić information content (AvgIpc) is 3.19. The van der Waals surface area contributed by atoms with Crippen molar-refractivity contribution in [2.45, 2.75) is 19.5 Å². The van der Waals surface area contributed by atoms with Gasteiger partial charge in [0, 0.05) is 13.5 Å². The lowest BCUT2D eigenvalue weighted by molar-refractivity contribution is -0.141. The van der Waals surface area contributed by atoms with Gasteiger partial charge in [-0.2, -0.15) is 0 Å². The van der Waals surface area contributed by atoms with E-state index in [0.29, 0.717) is 11.5 Å². The number of fused-ring (bicyclic) bond motifs is 1. The first-order valence-electron chi connectivity index (χ1n) is 7.77. The quantitative estimate of drug-likeness (QED) is 0.741. The molecule has 3 rings (SSSR count). The van der Waals surface area contributed by atoms with Gasteiger partial charge in [0.05, 0.1) is 6.54 Å². The number of hydrogen-bond donors (Lipinski definition) is 1. The van der Waals surface area contributed by atoms with Crippen molar-refractivity contribution in [1.29, 1.82) is 0 Å². The van der Waals surface area contributed by atoms with Gasteiger partial charge in [-0.1, -0.05) is 6.07 Å². The fourth-order valence-corrected chi connectivity index (χ4v) is 2.56. The summed E-state index contributed by atoms with van der Waals surface area (Å²) in [6.07, 6.45) is -0.601. The Labute approximate surface area is 143 Å². The third-order valence-electron chi connectivity index (χ3n) is 3.82. The zero-order valence-electron chi connectivity index (χ0n) is 13.6. The Hall–Kier alpha value is -2.97. The van der Waals surface area contributed by atoms with E-state index in [-0.39, 0.29) is 39.0 Å². The third kappa shape index (κ3) is 3.93. The largest absolute Gasteiger partial charge is 0.464 e. The van der Waals surface area contributed by atoms with Crippen molar-refractivity contribution < 1.29 is 33.3 Å². The molecule has 0 aliphatic carbocycles. The summed E-state index contributed by atoms with van der Waals surface area (Å²) in [4.78, 5) is 36.1. The lowest BCUT2D eigenvalue weighted by Gasteiger charge is -2.20. The van der Waals surface area contributed by atoms with Gasteiger partial charge in [0.1, 0.15) is 19.3 Å². The van der Waals surface area contributed by atoms with Gasteiger partial charge in [0.2, 0.25) is 12.7 Å². The zero-order valence-corrected chi connectivity index (χ0v) is 13.6. The number of amides is 2. The Balaban J connectivity index is 1.54. The van der Waals surface area contributed by atoms with E-state index < -0.39 is 18.1 Å². The summed E-state index contributed by atoms with van der Waals surface area (Å²) >= 11 is 0. The minimum atomic E-state index is -0.753. The number of rotatable bonds is 6. The molecule has 0 bridgehead atoms. The first kappa shape index (κ1) is 16.9. The molecule has 134 valence electrons. The van der Waals surface area contributed by atoms with E-state index in [1.165, 1.54) is 11.8 Å². The molecule has 2 aliphatic rings. The van der Waals surface area contributed by atoms with Crippen LogP contribution in [0.4, 0.5) is 4.79 Å². The fourth-order valence-electron chi connectivity index (χ4n) is 2.56. The van der Waals surface area contributed by atoms with Crippen LogP contribution in [0.2, 0.25) is 0 Å². The highest BCUT2D eigenvalue weighted by Gasteiger charge is 2.37.